The summed E-state index contributed by atoms with van der Waals surface area (Å²) in [6.07, 6.45) is 6.16. The highest BCUT2D eigenvalue weighted by atomic mass is 32.2. The molecule has 0 spiro atoms. The van der Waals surface area contributed by atoms with Gasteiger partial charge in [-0.15, -0.1) is 23.1 Å². The zero-order valence-electron chi connectivity index (χ0n) is 26.7. The van der Waals surface area contributed by atoms with Crippen molar-refractivity contribution >= 4 is 46.2 Å². The van der Waals surface area contributed by atoms with Gasteiger partial charge in [0.05, 0.1) is 21.5 Å². The van der Waals surface area contributed by atoms with Crippen molar-refractivity contribution in [3.05, 3.63) is 16.6 Å². The predicted octanol–water partition coefficient (Wildman–Crippen LogP) is 5.78. The van der Waals surface area contributed by atoms with Gasteiger partial charge in [-0.3, -0.25) is 14.8 Å². The van der Waals surface area contributed by atoms with Crippen LogP contribution in [0.15, 0.2) is 16.7 Å². The number of thioether (sulfide) groups is 1. The number of aromatic nitrogens is 1. The van der Waals surface area contributed by atoms with Crippen LogP contribution in [0.3, 0.4) is 0 Å². The number of urea groups is 1. The van der Waals surface area contributed by atoms with Crippen molar-refractivity contribution in [3.8, 4) is 0 Å². The maximum Gasteiger partial charge on any atom is 0.407 e. The molecule has 1 aliphatic heterocycles. The van der Waals surface area contributed by atoms with E-state index in [9.17, 15) is 14.4 Å². The highest BCUT2D eigenvalue weighted by Crippen LogP contribution is 2.24. The molecule has 2 heterocycles. The van der Waals surface area contributed by atoms with E-state index in [0.717, 1.165) is 54.2 Å². The Morgan fingerprint density at radius 2 is 1.67 bits per heavy atom. The molecule has 0 saturated carbocycles. The van der Waals surface area contributed by atoms with E-state index in [1.165, 1.54) is 11.3 Å². The zero-order chi connectivity index (χ0) is 31.2. The Kier molecular flexibility index (Phi) is 15.7. The molecule has 0 fully saturated rings. The SMILES string of the molecule is CCCC(CCC(CCC)NC(=O)C(C(C)C)N(C)C(=O)N(C)CC1CSC(C(C)C)=N1)NC(=O)OCc1cncs1. The topological polar surface area (TPSA) is 116 Å². The molecule has 2 rings (SSSR count). The molecule has 238 valence electrons. The van der Waals surface area contributed by atoms with Crippen molar-refractivity contribution in [2.75, 3.05) is 26.4 Å². The molecular formula is C30H52N6O4S2. The van der Waals surface area contributed by atoms with E-state index in [2.05, 4.69) is 43.3 Å². The second-order valence-electron chi connectivity index (χ2n) is 11.8. The van der Waals surface area contributed by atoms with E-state index in [-0.39, 0.29) is 42.6 Å². The molecule has 0 saturated heterocycles. The van der Waals surface area contributed by atoms with Crippen molar-refractivity contribution in [3.63, 3.8) is 0 Å². The number of alkyl carbamates (subject to hydrolysis) is 1. The minimum absolute atomic E-state index is 0.0494. The molecule has 0 bridgehead atoms. The van der Waals surface area contributed by atoms with Gasteiger partial charge in [-0.1, -0.05) is 54.4 Å². The van der Waals surface area contributed by atoms with Crippen LogP contribution in [0.5, 0.6) is 0 Å². The third-order valence-electron chi connectivity index (χ3n) is 7.29. The number of thiazole rings is 1. The molecular weight excluding hydrogens is 573 g/mol. The largest absolute Gasteiger partial charge is 0.444 e. The number of hydrogen-bond acceptors (Lipinski definition) is 8. The third-order valence-corrected chi connectivity index (χ3v) is 9.47. The zero-order valence-corrected chi connectivity index (χ0v) is 28.4. The summed E-state index contributed by atoms with van der Waals surface area (Å²) in [4.78, 5) is 52.3. The van der Waals surface area contributed by atoms with Gasteiger partial charge in [-0.2, -0.15) is 0 Å². The fourth-order valence-corrected chi connectivity index (χ4v) is 6.78. The molecule has 0 aliphatic carbocycles. The molecule has 4 unspecified atom stereocenters. The first-order valence-corrected chi connectivity index (χ1v) is 17.1. The fraction of sp³-hybridized carbons (Fsp3) is 0.767. The minimum atomic E-state index is -0.599. The first-order chi connectivity index (χ1) is 20.0. The monoisotopic (exact) mass is 624 g/mol. The molecule has 2 N–H and O–H groups in total. The van der Waals surface area contributed by atoms with Crippen molar-refractivity contribution in [2.45, 2.75) is 111 Å². The lowest BCUT2D eigenvalue weighted by Crippen LogP contribution is -2.55. The van der Waals surface area contributed by atoms with Crippen molar-refractivity contribution in [1.29, 1.82) is 0 Å². The summed E-state index contributed by atoms with van der Waals surface area (Å²) in [7, 11) is 3.49. The molecule has 1 aliphatic rings. The summed E-state index contributed by atoms with van der Waals surface area (Å²) in [6.45, 7) is 13.1. The first kappa shape index (κ1) is 35.9. The van der Waals surface area contributed by atoms with Gasteiger partial charge in [0.25, 0.3) is 0 Å². The standard InChI is InChI=1S/C30H52N6O4S2/c1-9-11-22(13-14-23(12-10-2)34-29(38)40-17-25-15-31-19-42-25)32-27(37)26(20(3)4)36(8)30(39)35(7)16-24-18-41-28(33-24)21(5)6/h15,19-24,26H,9-14,16-18H2,1-8H3,(H,32,37)(H,34,38). The van der Waals surface area contributed by atoms with Gasteiger partial charge in [-0.25, -0.2) is 9.59 Å². The summed E-state index contributed by atoms with van der Waals surface area (Å²) in [5, 5.41) is 7.37. The summed E-state index contributed by atoms with van der Waals surface area (Å²) in [6, 6.07) is -0.814. The lowest BCUT2D eigenvalue weighted by Gasteiger charge is -2.35. The smallest absolute Gasteiger partial charge is 0.407 e. The number of ether oxygens (including phenoxy) is 1. The Balaban J connectivity index is 1.96. The fourth-order valence-electron chi connectivity index (χ4n) is 5.18. The number of aliphatic imine (C=N–C) groups is 1. The maximum absolute atomic E-state index is 13.6. The maximum atomic E-state index is 13.6. The summed E-state index contributed by atoms with van der Waals surface area (Å²) >= 11 is 3.21. The van der Waals surface area contributed by atoms with Crippen LogP contribution in [0.25, 0.3) is 0 Å². The first-order valence-electron chi connectivity index (χ1n) is 15.3. The predicted molar refractivity (Wildman–Crippen MR) is 173 cm³/mol. The quantitative estimate of drug-likeness (QED) is 0.227. The molecule has 42 heavy (non-hydrogen) atoms. The van der Waals surface area contributed by atoms with E-state index in [4.69, 9.17) is 9.73 Å². The second-order valence-corrected chi connectivity index (χ2v) is 13.8. The van der Waals surface area contributed by atoms with Gasteiger partial charge >= 0.3 is 12.1 Å². The molecule has 10 nitrogen and oxygen atoms in total. The van der Waals surface area contributed by atoms with Gasteiger partial charge in [0.15, 0.2) is 0 Å². The molecule has 4 amide bonds. The summed E-state index contributed by atoms with van der Waals surface area (Å²) in [5.41, 5.74) is 1.71. The molecule has 1 aromatic heterocycles. The number of hydrogen-bond donors (Lipinski definition) is 2. The summed E-state index contributed by atoms with van der Waals surface area (Å²) in [5.74, 6) is 1.06. The Hall–Kier alpha value is -2.34. The van der Waals surface area contributed by atoms with Crippen LogP contribution >= 0.6 is 23.1 Å². The van der Waals surface area contributed by atoms with Crippen LogP contribution in [-0.4, -0.2) is 88.4 Å². The van der Waals surface area contributed by atoms with Gasteiger partial charge in [0.2, 0.25) is 5.91 Å². The average Bonchev–Trinajstić information content (AvgIpc) is 3.62. The van der Waals surface area contributed by atoms with Crippen LogP contribution in [0, 0.1) is 11.8 Å². The van der Waals surface area contributed by atoms with Gasteiger partial charge in [-0.05, 0) is 31.6 Å². The van der Waals surface area contributed by atoms with Gasteiger partial charge in [0.1, 0.15) is 12.6 Å². The number of carbonyl (C=O) groups is 3. The Morgan fingerprint density at radius 3 is 2.19 bits per heavy atom. The highest BCUT2D eigenvalue weighted by molar-refractivity contribution is 8.14. The van der Waals surface area contributed by atoms with E-state index < -0.39 is 12.1 Å². The lowest BCUT2D eigenvalue weighted by atomic mass is 9.97. The molecule has 1 aromatic rings. The number of rotatable bonds is 17. The highest BCUT2D eigenvalue weighted by Gasteiger charge is 2.33. The van der Waals surface area contributed by atoms with Crippen LogP contribution in [0.2, 0.25) is 0 Å². The van der Waals surface area contributed by atoms with E-state index >= 15 is 0 Å². The van der Waals surface area contributed by atoms with Gasteiger partial charge < -0.3 is 25.2 Å². The van der Waals surface area contributed by atoms with Crippen LogP contribution in [-0.2, 0) is 16.1 Å². The number of nitrogens with one attached hydrogen (secondary N) is 2. The lowest BCUT2D eigenvalue weighted by molar-refractivity contribution is -0.127. The third kappa shape index (κ3) is 11.7. The van der Waals surface area contributed by atoms with Crippen LogP contribution < -0.4 is 10.6 Å². The van der Waals surface area contributed by atoms with E-state index in [0.29, 0.717) is 12.5 Å². The van der Waals surface area contributed by atoms with Crippen molar-refractivity contribution in [1.82, 2.24) is 25.4 Å². The number of nitrogens with zero attached hydrogens (tertiary/aromatic N) is 4. The number of likely N-dealkylation sites (N-methyl/N-ethyl adjacent to an activating group) is 2. The normalized spacial score (nSPS) is 17.0. The Labute approximate surface area is 260 Å². The van der Waals surface area contributed by atoms with Crippen LogP contribution in [0.4, 0.5) is 9.59 Å². The van der Waals surface area contributed by atoms with E-state index in [1.54, 1.807) is 47.4 Å². The number of carbonyl (C=O) groups excluding carboxylic acids is 3. The van der Waals surface area contributed by atoms with Crippen LogP contribution in [0.1, 0.15) is 84.9 Å². The molecule has 12 heteroatoms. The summed E-state index contributed by atoms with van der Waals surface area (Å²) < 4.78 is 5.37. The Morgan fingerprint density at radius 1 is 1.02 bits per heavy atom. The van der Waals surface area contributed by atoms with Gasteiger partial charge in [0, 0.05) is 50.6 Å². The second kappa shape index (κ2) is 18.4. The van der Waals surface area contributed by atoms with Crippen molar-refractivity contribution < 1.29 is 19.1 Å². The molecule has 0 radical (unpaired) electrons. The molecule has 0 aromatic carbocycles. The van der Waals surface area contributed by atoms with Crippen molar-refractivity contribution in [2.24, 2.45) is 16.8 Å². The minimum Gasteiger partial charge on any atom is -0.444 e. The Bertz CT molecular complexity index is 1000. The average molecular weight is 625 g/mol. The molecule has 4 atom stereocenters. The number of amides is 4. The van der Waals surface area contributed by atoms with E-state index in [1.807, 2.05) is 13.8 Å².